The molecule has 2 rings (SSSR count). The first-order valence-corrected chi connectivity index (χ1v) is 7.27. The van der Waals surface area contributed by atoms with Crippen LogP contribution in [0.3, 0.4) is 0 Å². The molecule has 6 heteroatoms. The molecule has 0 bridgehead atoms. The summed E-state index contributed by atoms with van der Waals surface area (Å²) in [7, 11) is 0. The van der Waals surface area contributed by atoms with Gasteiger partial charge >= 0.3 is 5.97 Å². The number of rotatable bonds is 5. The van der Waals surface area contributed by atoms with E-state index in [1.807, 2.05) is 6.92 Å². The predicted molar refractivity (Wildman–Crippen MR) is 78.1 cm³/mol. The zero-order valence-corrected chi connectivity index (χ0v) is 12.0. The lowest BCUT2D eigenvalue weighted by Gasteiger charge is -2.16. The standard InChI is InChI=1S/C15H20N2O4/c1-2-8-17-9-10(6-7-13(17)18)16-14(19)11-4-3-5-12(11)15(20)21/h6-7,9,11-12H,2-5,8H2,1H3,(H,16,19)(H,20,21)/t11-,12+/m1/s1. The van der Waals surface area contributed by atoms with Crippen LogP contribution in [0.4, 0.5) is 5.69 Å². The highest BCUT2D eigenvalue weighted by atomic mass is 16.4. The molecule has 0 aromatic carbocycles. The molecule has 0 unspecified atom stereocenters. The number of aliphatic carboxylic acids is 1. The number of carbonyl (C=O) groups is 2. The number of nitrogens with zero attached hydrogens (tertiary/aromatic N) is 1. The van der Waals surface area contributed by atoms with Gasteiger partial charge in [0.1, 0.15) is 0 Å². The van der Waals surface area contributed by atoms with Crippen molar-refractivity contribution in [2.75, 3.05) is 5.32 Å². The minimum atomic E-state index is -0.913. The molecule has 0 radical (unpaired) electrons. The average molecular weight is 292 g/mol. The first-order valence-electron chi connectivity index (χ1n) is 7.27. The van der Waals surface area contributed by atoms with Crippen molar-refractivity contribution in [2.45, 2.75) is 39.2 Å². The number of anilines is 1. The number of pyridine rings is 1. The SMILES string of the molecule is CCCn1cc(NC(=O)[C@@H]2CCC[C@@H]2C(=O)O)ccc1=O. The van der Waals surface area contributed by atoms with E-state index >= 15 is 0 Å². The maximum Gasteiger partial charge on any atom is 0.307 e. The number of nitrogens with one attached hydrogen (secondary N) is 1. The summed E-state index contributed by atoms with van der Waals surface area (Å²) >= 11 is 0. The van der Waals surface area contributed by atoms with E-state index in [0.29, 0.717) is 25.1 Å². The fraction of sp³-hybridized carbons (Fsp3) is 0.533. The Kier molecular flexibility index (Phi) is 4.77. The smallest absolute Gasteiger partial charge is 0.307 e. The summed E-state index contributed by atoms with van der Waals surface area (Å²) in [5, 5.41) is 11.9. The monoisotopic (exact) mass is 292 g/mol. The molecule has 1 heterocycles. The van der Waals surface area contributed by atoms with Gasteiger partial charge in [-0.25, -0.2) is 0 Å². The molecule has 0 saturated heterocycles. The number of aryl methyl sites for hydroxylation is 1. The first-order chi connectivity index (χ1) is 10.0. The molecule has 1 aromatic heterocycles. The van der Waals surface area contributed by atoms with E-state index in [2.05, 4.69) is 5.32 Å². The molecule has 6 nitrogen and oxygen atoms in total. The predicted octanol–water partition coefficient (Wildman–Crippen LogP) is 1.70. The Labute approximate surface area is 122 Å². The van der Waals surface area contributed by atoms with Crippen molar-refractivity contribution in [3.8, 4) is 0 Å². The number of carboxylic acid groups (broad SMARTS) is 1. The fourth-order valence-electron chi connectivity index (χ4n) is 2.83. The van der Waals surface area contributed by atoms with Gasteiger partial charge in [0.05, 0.1) is 17.5 Å². The van der Waals surface area contributed by atoms with Gasteiger partial charge < -0.3 is 15.0 Å². The summed E-state index contributed by atoms with van der Waals surface area (Å²) < 4.78 is 1.54. The van der Waals surface area contributed by atoms with Gasteiger partial charge in [0.15, 0.2) is 0 Å². The van der Waals surface area contributed by atoms with Crippen molar-refractivity contribution in [1.29, 1.82) is 0 Å². The summed E-state index contributed by atoms with van der Waals surface area (Å²) in [5.41, 5.74) is 0.420. The van der Waals surface area contributed by atoms with Crippen LogP contribution in [0.5, 0.6) is 0 Å². The van der Waals surface area contributed by atoms with E-state index < -0.39 is 17.8 Å². The van der Waals surface area contributed by atoms with E-state index in [-0.39, 0.29) is 11.5 Å². The van der Waals surface area contributed by atoms with Gasteiger partial charge in [-0.3, -0.25) is 14.4 Å². The largest absolute Gasteiger partial charge is 0.481 e. The topological polar surface area (TPSA) is 88.4 Å². The Balaban J connectivity index is 2.11. The normalized spacial score (nSPS) is 21.2. The minimum Gasteiger partial charge on any atom is -0.481 e. The molecule has 2 atom stereocenters. The molecular weight excluding hydrogens is 272 g/mol. The van der Waals surface area contributed by atoms with Crippen LogP contribution < -0.4 is 10.9 Å². The number of carboxylic acids is 1. The highest BCUT2D eigenvalue weighted by Crippen LogP contribution is 2.32. The van der Waals surface area contributed by atoms with Crippen molar-refractivity contribution in [1.82, 2.24) is 4.57 Å². The van der Waals surface area contributed by atoms with Gasteiger partial charge in [-0.2, -0.15) is 0 Å². The lowest BCUT2D eigenvalue weighted by atomic mass is 9.95. The number of carbonyl (C=O) groups excluding carboxylic acids is 1. The zero-order chi connectivity index (χ0) is 15.4. The molecule has 1 aliphatic carbocycles. The van der Waals surface area contributed by atoms with Crippen LogP contribution in [0.1, 0.15) is 32.6 Å². The zero-order valence-electron chi connectivity index (χ0n) is 12.0. The molecule has 21 heavy (non-hydrogen) atoms. The van der Waals surface area contributed by atoms with Crippen LogP contribution >= 0.6 is 0 Å². The van der Waals surface area contributed by atoms with Crippen molar-refractivity contribution in [3.05, 3.63) is 28.7 Å². The number of aromatic nitrogens is 1. The summed E-state index contributed by atoms with van der Waals surface area (Å²) in [6, 6.07) is 2.96. The van der Waals surface area contributed by atoms with Crippen LogP contribution in [0.25, 0.3) is 0 Å². The third-order valence-electron chi connectivity index (χ3n) is 3.89. The molecule has 1 amide bonds. The van der Waals surface area contributed by atoms with Crippen LogP contribution in [0.15, 0.2) is 23.1 Å². The van der Waals surface area contributed by atoms with E-state index in [9.17, 15) is 14.4 Å². The minimum absolute atomic E-state index is 0.112. The Hall–Kier alpha value is -2.11. The lowest BCUT2D eigenvalue weighted by molar-refractivity contribution is -0.145. The molecule has 1 fully saturated rings. The molecule has 0 aliphatic heterocycles. The number of hydrogen-bond acceptors (Lipinski definition) is 3. The Morgan fingerprint density at radius 2 is 2.05 bits per heavy atom. The second-order valence-corrected chi connectivity index (χ2v) is 5.42. The van der Waals surface area contributed by atoms with Crippen LogP contribution in [-0.4, -0.2) is 21.6 Å². The van der Waals surface area contributed by atoms with E-state index in [1.165, 1.54) is 6.07 Å². The third kappa shape index (κ3) is 3.51. The van der Waals surface area contributed by atoms with Crippen LogP contribution in [0.2, 0.25) is 0 Å². The summed E-state index contributed by atoms with van der Waals surface area (Å²) in [5.74, 6) is -2.29. The van der Waals surface area contributed by atoms with Crippen molar-refractivity contribution < 1.29 is 14.7 Å². The van der Waals surface area contributed by atoms with Gasteiger partial charge in [0.25, 0.3) is 5.56 Å². The van der Waals surface area contributed by atoms with Gasteiger partial charge in [-0.05, 0) is 25.3 Å². The quantitative estimate of drug-likeness (QED) is 0.864. The molecule has 0 spiro atoms. The van der Waals surface area contributed by atoms with E-state index in [0.717, 1.165) is 12.8 Å². The summed E-state index contributed by atoms with van der Waals surface area (Å²) in [6.45, 7) is 2.55. The number of amides is 1. The lowest BCUT2D eigenvalue weighted by Crippen LogP contribution is -2.30. The second kappa shape index (κ2) is 6.56. The molecule has 2 N–H and O–H groups in total. The van der Waals surface area contributed by atoms with Gasteiger partial charge in [0, 0.05) is 18.8 Å². The summed E-state index contributed by atoms with van der Waals surface area (Å²) in [6.07, 6.45) is 4.32. The van der Waals surface area contributed by atoms with Crippen molar-refractivity contribution >= 4 is 17.6 Å². The average Bonchev–Trinajstić information content (AvgIpc) is 2.92. The van der Waals surface area contributed by atoms with Crippen LogP contribution in [-0.2, 0) is 16.1 Å². The Bertz CT molecular complexity index is 594. The highest BCUT2D eigenvalue weighted by molar-refractivity contribution is 5.95. The van der Waals surface area contributed by atoms with Gasteiger partial charge in [-0.15, -0.1) is 0 Å². The maximum atomic E-state index is 12.2. The van der Waals surface area contributed by atoms with Gasteiger partial charge in [0.2, 0.25) is 5.91 Å². The second-order valence-electron chi connectivity index (χ2n) is 5.42. The molecular formula is C15H20N2O4. The first kappa shape index (κ1) is 15.3. The van der Waals surface area contributed by atoms with Gasteiger partial charge in [-0.1, -0.05) is 13.3 Å². The van der Waals surface area contributed by atoms with E-state index in [1.54, 1.807) is 16.8 Å². The number of hydrogen-bond donors (Lipinski definition) is 2. The maximum absolute atomic E-state index is 12.2. The molecule has 1 saturated carbocycles. The third-order valence-corrected chi connectivity index (χ3v) is 3.89. The molecule has 1 aliphatic rings. The van der Waals surface area contributed by atoms with Crippen molar-refractivity contribution in [3.63, 3.8) is 0 Å². The highest BCUT2D eigenvalue weighted by Gasteiger charge is 2.37. The Morgan fingerprint density at radius 3 is 2.71 bits per heavy atom. The Morgan fingerprint density at radius 1 is 1.33 bits per heavy atom. The van der Waals surface area contributed by atoms with Crippen molar-refractivity contribution in [2.24, 2.45) is 11.8 Å². The molecule has 1 aromatic rings. The summed E-state index contributed by atoms with van der Waals surface area (Å²) in [4.78, 5) is 35.0. The van der Waals surface area contributed by atoms with E-state index in [4.69, 9.17) is 5.11 Å². The van der Waals surface area contributed by atoms with Crippen LogP contribution in [0, 0.1) is 11.8 Å². The fourth-order valence-corrected chi connectivity index (χ4v) is 2.83. The molecule has 114 valence electrons.